The molecule has 22 heavy (non-hydrogen) atoms. The smallest absolute Gasteiger partial charge is 0.382 e. The van der Waals surface area contributed by atoms with Crippen LogP contribution in [-0.4, -0.2) is 38.5 Å². The number of alkyl halides is 3. The lowest BCUT2D eigenvalue weighted by Gasteiger charge is -2.16. The molecule has 3 aromatic rings. The second-order valence-electron chi connectivity index (χ2n) is 4.97. The van der Waals surface area contributed by atoms with Gasteiger partial charge in [0.25, 0.3) is 0 Å². The second kappa shape index (κ2) is 5.13. The number of aliphatic hydroxyl groups is 1. The number of aryl methyl sites for hydroxylation is 1. The first kappa shape index (κ1) is 14.6. The SMILES string of the molecule is Cc1cc2nc(NCC(O)C(F)(F)F)c3ccccc3n2n1. The Balaban J connectivity index is 2.04. The number of fused-ring (bicyclic) bond motifs is 3. The molecule has 1 atom stereocenters. The number of benzene rings is 1. The van der Waals surface area contributed by atoms with E-state index in [0.717, 1.165) is 11.2 Å². The molecule has 0 fully saturated rings. The van der Waals surface area contributed by atoms with Crippen LogP contribution in [0.2, 0.25) is 0 Å². The van der Waals surface area contributed by atoms with Gasteiger partial charge < -0.3 is 10.4 Å². The highest BCUT2D eigenvalue weighted by molar-refractivity contribution is 5.91. The molecular weight excluding hydrogens is 297 g/mol. The maximum atomic E-state index is 12.4. The third-order valence-electron chi connectivity index (χ3n) is 3.27. The fourth-order valence-electron chi connectivity index (χ4n) is 2.22. The van der Waals surface area contributed by atoms with Gasteiger partial charge in [-0.3, -0.25) is 0 Å². The second-order valence-corrected chi connectivity index (χ2v) is 4.97. The van der Waals surface area contributed by atoms with Gasteiger partial charge in [-0.1, -0.05) is 12.1 Å². The lowest BCUT2D eigenvalue weighted by atomic mass is 10.2. The van der Waals surface area contributed by atoms with Gasteiger partial charge in [0.05, 0.1) is 17.8 Å². The minimum atomic E-state index is -4.67. The van der Waals surface area contributed by atoms with E-state index in [1.54, 1.807) is 22.7 Å². The molecule has 0 aliphatic heterocycles. The van der Waals surface area contributed by atoms with E-state index in [1.807, 2.05) is 19.1 Å². The van der Waals surface area contributed by atoms with Crippen LogP contribution in [0.1, 0.15) is 5.69 Å². The zero-order valence-corrected chi connectivity index (χ0v) is 11.6. The Morgan fingerprint density at radius 2 is 2.05 bits per heavy atom. The largest absolute Gasteiger partial charge is 0.416 e. The molecule has 8 heteroatoms. The Labute approximate surface area is 123 Å². The average Bonchev–Trinajstić information content (AvgIpc) is 2.84. The van der Waals surface area contributed by atoms with Gasteiger partial charge in [-0.25, -0.2) is 9.50 Å². The van der Waals surface area contributed by atoms with E-state index in [9.17, 15) is 13.2 Å². The number of aliphatic hydroxyl groups excluding tert-OH is 1. The van der Waals surface area contributed by atoms with Crippen molar-refractivity contribution in [2.75, 3.05) is 11.9 Å². The van der Waals surface area contributed by atoms with Crippen molar-refractivity contribution in [2.45, 2.75) is 19.2 Å². The number of aromatic nitrogens is 3. The molecule has 0 saturated carbocycles. The highest BCUT2D eigenvalue weighted by Gasteiger charge is 2.38. The first-order valence-electron chi connectivity index (χ1n) is 6.60. The van der Waals surface area contributed by atoms with Crippen LogP contribution >= 0.6 is 0 Å². The summed E-state index contributed by atoms with van der Waals surface area (Å²) in [6.07, 6.45) is -7.11. The number of anilines is 1. The Morgan fingerprint density at radius 3 is 2.77 bits per heavy atom. The number of para-hydroxylation sites is 1. The average molecular weight is 310 g/mol. The van der Waals surface area contributed by atoms with Crippen molar-refractivity contribution in [1.29, 1.82) is 0 Å². The van der Waals surface area contributed by atoms with Crippen molar-refractivity contribution < 1.29 is 18.3 Å². The minimum absolute atomic E-state index is 0.284. The van der Waals surface area contributed by atoms with E-state index < -0.39 is 18.8 Å². The molecule has 1 unspecified atom stereocenters. The molecule has 2 heterocycles. The molecule has 1 aromatic carbocycles. The van der Waals surface area contributed by atoms with E-state index in [4.69, 9.17) is 5.11 Å². The van der Waals surface area contributed by atoms with E-state index in [2.05, 4.69) is 15.4 Å². The van der Waals surface area contributed by atoms with Crippen LogP contribution in [0.3, 0.4) is 0 Å². The monoisotopic (exact) mass is 310 g/mol. The lowest BCUT2D eigenvalue weighted by Crippen LogP contribution is -2.35. The Hall–Kier alpha value is -2.35. The molecule has 0 aliphatic carbocycles. The normalized spacial score (nSPS) is 13.7. The summed E-state index contributed by atoms with van der Waals surface area (Å²) >= 11 is 0. The molecule has 3 rings (SSSR count). The molecule has 0 saturated heterocycles. The summed E-state index contributed by atoms with van der Waals surface area (Å²) in [4.78, 5) is 4.29. The number of hydrogen-bond acceptors (Lipinski definition) is 4. The summed E-state index contributed by atoms with van der Waals surface area (Å²) < 4.78 is 38.8. The van der Waals surface area contributed by atoms with Gasteiger partial charge in [-0.2, -0.15) is 18.3 Å². The topological polar surface area (TPSA) is 62.5 Å². The zero-order valence-electron chi connectivity index (χ0n) is 11.6. The fourth-order valence-corrected chi connectivity index (χ4v) is 2.22. The summed E-state index contributed by atoms with van der Waals surface area (Å²) in [5, 5.41) is 16.6. The summed E-state index contributed by atoms with van der Waals surface area (Å²) in [7, 11) is 0. The summed E-state index contributed by atoms with van der Waals surface area (Å²) in [5.41, 5.74) is 2.01. The van der Waals surface area contributed by atoms with E-state index in [-0.39, 0.29) is 5.82 Å². The van der Waals surface area contributed by atoms with Gasteiger partial charge in [-0.05, 0) is 19.1 Å². The van der Waals surface area contributed by atoms with Gasteiger partial charge in [0.1, 0.15) is 5.82 Å². The van der Waals surface area contributed by atoms with Crippen LogP contribution in [0, 0.1) is 6.92 Å². The molecule has 0 radical (unpaired) electrons. The van der Waals surface area contributed by atoms with Crippen molar-refractivity contribution in [3.05, 3.63) is 36.0 Å². The van der Waals surface area contributed by atoms with Crippen LogP contribution in [0.25, 0.3) is 16.6 Å². The summed E-state index contributed by atoms with van der Waals surface area (Å²) in [6.45, 7) is 1.15. The molecule has 0 bridgehead atoms. The Morgan fingerprint density at radius 1 is 1.32 bits per heavy atom. The first-order valence-corrected chi connectivity index (χ1v) is 6.60. The van der Waals surface area contributed by atoms with Gasteiger partial charge in [0, 0.05) is 11.5 Å². The maximum absolute atomic E-state index is 12.4. The summed E-state index contributed by atoms with van der Waals surface area (Å²) in [5.74, 6) is 0.284. The highest BCUT2D eigenvalue weighted by atomic mass is 19.4. The van der Waals surface area contributed by atoms with Gasteiger partial charge in [-0.15, -0.1) is 0 Å². The number of halogens is 3. The molecule has 0 spiro atoms. The Kier molecular flexibility index (Phi) is 3.40. The van der Waals surface area contributed by atoms with Gasteiger partial charge in [0.15, 0.2) is 11.8 Å². The lowest BCUT2D eigenvalue weighted by molar-refractivity contribution is -0.198. The van der Waals surface area contributed by atoms with Crippen molar-refractivity contribution in [3.63, 3.8) is 0 Å². The van der Waals surface area contributed by atoms with E-state index in [1.165, 1.54) is 0 Å². The van der Waals surface area contributed by atoms with Crippen molar-refractivity contribution in [2.24, 2.45) is 0 Å². The van der Waals surface area contributed by atoms with Crippen LogP contribution in [0.5, 0.6) is 0 Å². The van der Waals surface area contributed by atoms with Crippen molar-refractivity contribution in [1.82, 2.24) is 14.6 Å². The van der Waals surface area contributed by atoms with E-state index >= 15 is 0 Å². The fraction of sp³-hybridized carbons (Fsp3) is 0.286. The van der Waals surface area contributed by atoms with Gasteiger partial charge >= 0.3 is 6.18 Å². The quantitative estimate of drug-likeness (QED) is 0.780. The third-order valence-corrected chi connectivity index (χ3v) is 3.27. The minimum Gasteiger partial charge on any atom is -0.382 e. The molecule has 0 amide bonds. The molecule has 2 aromatic heterocycles. The van der Waals surface area contributed by atoms with Crippen LogP contribution in [-0.2, 0) is 0 Å². The van der Waals surface area contributed by atoms with Gasteiger partial charge in [0.2, 0.25) is 0 Å². The number of nitrogens with zero attached hydrogens (tertiary/aromatic N) is 3. The maximum Gasteiger partial charge on any atom is 0.416 e. The number of rotatable bonds is 3. The molecule has 2 N–H and O–H groups in total. The molecule has 116 valence electrons. The van der Waals surface area contributed by atoms with Crippen LogP contribution < -0.4 is 5.32 Å². The van der Waals surface area contributed by atoms with Crippen LogP contribution in [0.15, 0.2) is 30.3 Å². The highest BCUT2D eigenvalue weighted by Crippen LogP contribution is 2.25. The zero-order chi connectivity index (χ0) is 15.9. The molecule has 0 aliphatic rings. The first-order chi connectivity index (χ1) is 10.4. The third kappa shape index (κ3) is 2.57. The predicted octanol–water partition coefficient (Wildman–Crippen LogP) is 2.53. The van der Waals surface area contributed by atoms with E-state index in [0.29, 0.717) is 11.0 Å². The number of nitrogens with one attached hydrogen (secondary N) is 1. The Bertz CT molecular complexity index is 828. The van der Waals surface area contributed by atoms with Crippen LogP contribution in [0.4, 0.5) is 19.0 Å². The predicted molar refractivity (Wildman–Crippen MR) is 75.8 cm³/mol. The van der Waals surface area contributed by atoms with Crippen molar-refractivity contribution in [3.8, 4) is 0 Å². The standard InChI is InChI=1S/C14H13F3N4O/c1-8-6-12-19-13(18-7-11(22)14(15,16)17)9-4-2-3-5-10(9)21(12)20-8/h2-6,11,22H,7H2,1H3,(H,18,19). The molecular formula is C14H13F3N4O. The molecule has 5 nitrogen and oxygen atoms in total. The summed E-state index contributed by atoms with van der Waals surface area (Å²) in [6, 6.07) is 8.85. The van der Waals surface area contributed by atoms with Crippen molar-refractivity contribution >= 4 is 22.4 Å². The number of hydrogen-bond donors (Lipinski definition) is 2.